The first kappa shape index (κ1) is 22.3. The van der Waals surface area contributed by atoms with Crippen LogP contribution in [0.2, 0.25) is 5.02 Å². The van der Waals surface area contributed by atoms with Crippen molar-refractivity contribution in [3.05, 3.63) is 39.8 Å². The van der Waals surface area contributed by atoms with Gasteiger partial charge in [0, 0.05) is 24.3 Å². The van der Waals surface area contributed by atoms with Crippen LogP contribution in [0.5, 0.6) is 5.75 Å². The van der Waals surface area contributed by atoms with Gasteiger partial charge in [-0.3, -0.25) is 0 Å². The van der Waals surface area contributed by atoms with Gasteiger partial charge >= 0.3 is 0 Å². The number of nitriles is 1. The van der Waals surface area contributed by atoms with E-state index in [4.69, 9.17) is 31.9 Å². The quantitative estimate of drug-likeness (QED) is 0.593. The summed E-state index contributed by atoms with van der Waals surface area (Å²) < 4.78 is 13.5. The minimum Gasteiger partial charge on any atom is -0.493 e. The summed E-state index contributed by atoms with van der Waals surface area (Å²) in [6.07, 6.45) is 4.06. The average molecular weight is 455 g/mol. The number of nitrogens with zero attached hydrogens (tertiary/aromatic N) is 5. The second kappa shape index (κ2) is 9.31. The number of hydrogen-bond donors (Lipinski definition) is 1. The average Bonchev–Trinajstić information content (AvgIpc) is 3.13. The van der Waals surface area contributed by atoms with Crippen molar-refractivity contribution in [2.45, 2.75) is 46.1 Å². The van der Waals surface area contributed by atoms with E-state index in [1.165, 1.54) is 6.33 Å². The molecule has 2 aromatic heterocycles. The molecule has 1 atom stereocenters. The van der Waals surface area contributed by atoms with Gasteiger partial charge in [-0.2, -0.15) is 10.4 Å². The van der Waals surface area contributed by atoms with Crippen LogP contribution >= 0.6 is 11.6 Å². The predicted octanol–water partition coefficient (Wildman–Crippen LogP) is 4.22. The smallest absolute Gasteiger partial charge is 0.164 e. The zero-order valence-electron chi connectivity index (χ0n) is 18.6. The molecule has 8 nitrogen and oxygen atoms in total. The maximum absolute atomic E-state index is 9.88. The monoisotopic (exact) mass is 454 g/mol. The van der Waals surface area contributed by atoms with Crippen molar-refractivity contribution in [3.8, 4) is 11.8 Å². The molecule has 0 amide bonds. The van der Waals surface area contributed by atoms with Gasteiger partial charge in [-0.15, -0.1) is 0 Å². The Morgan fingerprint density at radius 1 is 1.38 bits per heavy atom. The lowest BCUT2D eigenvalue weighted by Crippen LogP contribution is -2.19. The Morgan fingerprint density at radius 3 is 2.81 bits per heavy atom. The van der Waals surface area contributed by atoms with Crippen molar-refractivity contribution in [3.63, 3.8) is 0 Å². The first-order valence-electron chi connectivity index (χ1n) is 10.9. The van der Waals surface area contributed by atoms with Crippen molar-refractivity contribution in [2.24, 2.45) is 5.92 Å². The molecule has 3 heterocycles. The largest absolute Gasteiger partial charge is 0.493 e. The number of rotatable bonds is 6. The lowest BCUT2D eigenvalue weighted by Gasteiger charge is -2.26. The van der Waals surface area contributed by atoms with Gasteiger partial charge in [-0.05, 0) is 52.0 Å². The van der Waals surface area contributed by atoms with E-state index in [2.05, 4.69) is 16.0 Å². The number of nitrogens with two attached hydrogens (primary N) is 1. The van der Waals surface area contributed by atoms with Gasteiger partial charge in [0.25, 0.3) is 0 Å². The molecule has 0 aliphatic carbocycles. The Hall–Kier alpha value is -2.89. The summed E-state index contributed by atoms with van der Waals surface area (Å²) in [4.78, 5) is 8.52. The molecule has 1 unspecified atom stereocenters. The molecular weight excluding hydrogens is 428 g/mol. The molecule has 1 aliphatic rings. The maximum Gasteiger partial charge on any atom is 0.164 e. The Labute approximate surface area is 192 Å². The number of ether oxygens (including phenoxy) is 2. The van der Waals surface area contributed by atoms with Crippen LogP contribution in [0.25, 0.3) is 11.0 Å². The fraction of sp³-hybridized carbons (Fsp3) is 0.478. The summed E-state index contributed by atoms with van der Waals surface area (Å²) in [5, 5.41) is 15.7. The molecule has 1 aliphatic heterocycles. The van der Waals surface area contributed by atoms with E-state index in [0.717, 1.165) is 54.7 Å². The number of fused-ring (bicyclic) bond motifs is 1. The topological polar surface area (TPSA) is 112 Å². The Kier molecular flexibility index (Phi) is 6.49. The summed E-state index contributed by atoms with van der Waals surface area (Å²) in [5.41, 5.74) is 9.68. The molecule has 4 rings (SSSR count). The van der Waals surface area contributed by atoms with Crippen LogP contribution in [0.3, 0.4) is 0 Å². The molecule has 1 fully saturated rings. The fourth-order valence-corrected chi connectivity index (χ4v) is 4.73. The standard InChI is InChI=1S/C23H27ClN6O2/c1-4-32-21-16(14(3)30-23-20(13(2)29-30)22(26)27-12-28-23)10-19(24)18(11-25)17(21)9-15-5-7-31-8-6-15/h10,12,14-15H,4-9H2,1-3H3,(H2,26,27,28). The number of aryl methyl sites for hydroxylation is 1. The van der Waals surface area contributed by atoms with Crippen molar-refractivity contribution < 1.29 is 9.47 Å². The van der Waals surface area contributed by atoms with Crippen molar-refractivity contribution in [1.29, 1.82) is 5.26 Å². The minimum atomic E-state index is -0.249. The van der Waals surface area contributed by atoms with E-state index >= 15 is 0 Å². The van der Waals surface area contributed by atoms with Gasteiger partial charge in [0.1, 0.15) is 24.0 Å². The van der Waals surface area contributed by atoms with Gasteiger partial charge in [-0.1, -0.05) is 11.6 Å². The highest BCUT2D eigenvalue weighted by atomic mass is 35.5. The van der Waals surface area contributed by atoms with E-state index in [0.29, 0.717) is 40.3 Å². The third-order valence-electron chi connectivity index (χ3n) is 6.10. The molecule has 0 bridgehead atoms. The zero-order valence-corrected chi connectivity index (χ0v) is 19.3. The Balaban J connectivity index is 1.87. The molecule has 0 saturated carbocycles. The minimum absolute atomic E-state index is 0.249. The molecule has 3 aromatic rings. The van der Waals surface area contributed by atoms with E-state index in [1.807, 2.05) is 31.5 Å². The van der Waals surface area contributed by atoms with Crippen molar-refractivity contribution in [1.82, 2.24) is 19.7 Å². The van der Waals surface area contributed by atoms with Gasteiger partial charge in [0.05, 0.1) is 34.3 Å². The van der Waals surface area contributed by atoms with Crippen molar-refractivity contribution >= 4 is 28.5 Å². The number of hydrogen-bond acceptors (Lipinski definition) is 7. The van der Waals surface area contributed by atoms with Crippen LogP contribution in [0.1, 0.15) is 55.1 Å². The van der Waals surface area contributed by atoms with Crippen LogP contribution in [0, 0.1) is 24.2 Å². The highest BCUT2D eigenvalue weighted by Gasteiger charge is 2.27. The Bertz CT molecular complexity index is 1180. The SMILES string of the molecule is CCOc1c(C(C)n2nc(C)c3c(N)ncnc32)cc(Cl)c(C#N)c1CC1CCOCC1. The third-order valence-corrected chi connectivity index (χ3v) is 6.40. The van der Waals surface area contributed by atoms with Gasteiger partial charge in [0.15, 0.2) is 5.65 Å². The fourth-order valence-electron chi connectivity index (χ4n) is 4.46. The molecular formula is C23H27ClN6O2. The molecule has 32 heavy (non-hydrogen) atoms. The molecule has 168 valence electrons. The summed E-state index contributed by atoms with van der Waals surface area (Å²) in [7, 11) is 0. The summed E-state index contributed by atoms with van der Waals surface area (Å²) in [6.45, 7) is 7.79. The molecule has 2 N–H and O–H groups in total. The first-order valence-corrected chi connectivity index (χ1v) is 11.2. The second-order valence-electron chi connectivity index (χ2n) is 8.10. The van der Waals surface area contributed by atoms with Gasteiger partial charge < -0.3 is 15.2 Å². The van der Waals surface area contributed by atoms with E-state index in [9.17, 15) is 5.26 Å². The summed E-state index contributed by atoms with van der Waals surface area (Å²) in [5.74, 6) is 1.52. The lowest BCUT2D eigenvalue weighted by atomic mass is 9.88. The molecule has 9 heteroatoms. The van der Waals surface area contributed by atoms with Gasteiger partial charge in [0.2, 0.25) is 0 Å². The molecule has 1 aromatic carbocycles. The second-order valence-corrected chi connectivity index (χ2v) is 8.51. The molecule has 0 spiro atoms. The predicted molar refractivity (Wildman–Crippen MR) is 123 cm³/mol. The lowest BCUT2D eigenvalue weighted by molar-refractivity contribution is 0.0663. The molecule has 0 radical (unpaired) electrons. The number of nitrogen functional groups attached to an aromatic ring is 1. The van der Waals surface area contributed by atoms with E-state index < -0.39 is 0 Å². The Morgan fingerprint density at radius 2 is 2.12 bits per heavy atom. The van der Waals surface area contributed by atoms with Crippen LogP contribution in [0.15, 0.2) is 12.4 Å². The van der Waals surface area contributed by atoms with Crippen molar-refractivity contribution in [2.75, 3.05) is 25.6 Å². The highest BCUT2D eigenvalue weighted by molar-refractivity contribution is 6.32. The third kappa shape index (κ3) is 3.98. The van der Waals surface area contributed by atoms with Crippen LogP contribution in [-0.2, 0) is 11.2 Å². The molecule has 1 saturated heterocycles. The van der Waals surface area contributed by atoms with Gasteiger partial charge in [-0.25, -0.2) is 14.6 Å². The van der Waals surface area contributed by atoms with E-state index in [-0.39, 0.29) is 6.04 Å². The zero-order chi connectivity index (χ0) is 22.8. The number of halogens is 1. The van der Waals surface area contributed by atoms with E-state index in [1.54, 1.807) is 0 Å². The summed E-state index contributed by atoms with van der Waals surface area (Å²) >= 11 is 6.63. The maximum atomic E-state index is 9.88. The first-order chi connectivity index (χ1) is 15.5. The number of benzene rings is 1. The van der Waals surface area contributed by atoms with Crippen LogP contribution < -0.4 is 10.5 Å². The van der Waals surface area contributed by atoms with Crippen LogP contribution in [0.4, 0.5) is 5.82 Å². The number of anilines is 1. The normalized spacial score (nSPS) is 15.6. The number of aromatic nitrogens is 4. The van der Waals surface area contributed by atoms with Crippen LogP contribution in [-0.4, -0.2) is 39.6 Å². The highest BCUT2D eigenvalue weighted by Crippen LogP contribution is 2.40. The summed E-state index contributed by atoms with van der Waals surface area (Å²) in [6, 6.07) is 3.86.